The van der Waals surface area contributed by atoms with E-state index in [0.717, 1.165) is 0 Å². The van der Waals surface area contributed by atoms with Gasteiger partial charge in [-0.2, -0.15) is 0 Å². The SMILES string of the molecule is [N-]=[N+]=NC(=O)c1cccc2c1OCCO2. The fourth-order valence-electron chi connectivity index (χ4n) is 1.34. The summed E-state index contributed by atoms with van der Waals surface area (Å²) >= 11 is 0. The maximum atomic E-state index is 11.4. The second-order valence-electron chi connectivity index (χ2n) is 2.82. The molecule has 0 radical (unpaired) electrons. The number of amides is 1. The van der Waals surface area contributed by atoms with Crippen LogP contribution in [0.5, 0.6) is 11.5 Å². The van der Waals surface area contributed by atoms with Crippen molar-refractivity contribution in [2.45, 2.75) is 0 Å². The van der Waals surface area contributed by atoms with Gasteiger partial charge in [-0.05, 0) is 22.8 Å². The van der Waals surface area contributed by atoms with Gasteiger partial charge in [0.15, 0.2) is 11.5 Å². The summed E-state index contributed by atoms with van der Waals surface area (Å²) in [5.41, 5.74) is 8.39. The molecule has 1 amide bonds. The van der Waals surface area contributed by atoms with Gasteiger partial charge in [0.05, 0.1) is 5.56 Å². The second kappa shape index (κ2) is 3.89. The molecule has 0 bridgehead atoms. The Morgan fingerprint density at radius 3 is 3.00 bits per heavy atom. The molecule has 1 aliphatic rings. The Balaban J connectivity index is 2.47. The van der Waals surface area contributed by atoms with E-state index >= 15 is 0 Å². The van der Waals surface area contributed by atoms with Gasteiger partial charge in [-0.15, -0.1) is 0 Å². The van der Waals surface area contributed by atoms with Crippen molar-refractivity contribution in [2.75, 3.05) is 13.2 Å². The molecule has 1 aliphatic heterocycles. The molecule has 0 aliphatic carbocycles. The van der Waals surface area contributed by atoms with Crippen molar-refractivity contribution in [1.29, 1.82) is 0 Å². The number of hydrogen-bond donors (Lipinski definition) is 0. The number of azide groups is 1. The predicted molar refractivity (Wildman–Crippen MR) is 50.9 cm³/mol. The van der Waals surface area contributed by atoms with Crippen molar-refractivity contribution in [1.82, 2.24) is 0 Å². The molecule has 1 aromatic rings. The highest BCUT2D eigenvalue weighted by molar-refractivity contribution is 5.98. The Morgan fingerprint density at radius 2 is 2.20 bits per heavy atom. The topological polar surface area (TPSA) is 84.3 Å². The van der Waals surface area contributed by atoms with Crippen LogP contribution in [0.2, 0.25) is 0 Å². The van der Waals surface area contributed by atoms with E-state index in [1.165, 1.54) is 6.07 Å². The lowest BCUT2D eigenvalue weighted by Crippen LogP contribution is -2.17. The number of nitrogens with zero attached hydrogens (tertiary/aromatic N) is 3. The van der Waals surface area contributed by atoms with E-state index in [9.17, 15) is 4.79 Å². The minimum absolute atomic E-state index is 0.227. The lowest BCUT2D eigenvalue weighted by molar-refractivity contribution is 0.0989. The molecule has 1 heterocycles. The molecule has 15 heavy (non-hydrogen) atoms. The van der Waals surface area contributed by atoms with E-state index < -0.39 is 5.91 Å². The van der Waals surface area contributed by atoms with Crippen LogP contribution < -0.4 is 9.47 Å². The van der Waals surface area contributed by atoms with Crippen LogP contribution in [0, 0.1) is 0 Å². The number of ether oxygens (including phenoxy) is 2. The van der Waals surface area contributed by atoms with Crippen molar-refractivity contribution in [3.8, 4) is 11.5 Å². The third-order valence-corrected chi connectivity index (χ3v) is 1.93. The number of para-hydroxylation sites is 1. The Bertz CT molecular complexity index is 452. The highest BCUT2D eigenvalue weighted by Gasteiger charge is 2.19. The van der Waals surface area contributed by atoms with Crippen molar-refractivity contribution in [2.24, 2.45) is 5.11 Å². The van der Waals surface area contributed by atoms with Crippen molar-refractivity contribution in [3.05, 3.63) is 34.2 Å². The highest BCUT2D eigenvalue weighted by atomic mass is 16.6. The lowest BCUT2D eigenvalue weighted by atomic mass is 10.1. The Morgan fingerprint density at radius 1 is 1.40 bits per heavy atom. The molecule has 76 valence electrons. The average molecular weight is 205 g/mol. The van der Waals surface area contributed by atoms with Crippen molar-refractivity contribution in [3.63, 3.8) is 0 Å². The van der Waals surface area contributed by atoms with Gasteiger partial charge in [0.1, 0.15) is 13.2 Å². The maximum absolute atomic E-state index is 11.4. The first kappa shape index (κ1) is 9.36. The van der Waals surface area contributed by atoms with Gasteiger partial charge >= 0.3 is 0 Å². The molecule has 0 spiro atoms. The minimum Gasteiger partial charge on any atom is -0.486 e. The lowest BCUT2D eigenvalue weighted by Gasteiger charge is -2.19. The molecule has 0 saturated heterocycles. The number of carbonyl (C=O) groups is 1. The average Bonchev–Trinajstić information content (AvgIpc) is 2.28. The van der Waals surface area contributed by atoms with Crippen LogP contribution >= 0.6 is 0 Å². The molecule has 0 atom stereocenters. The molecule has 1 aromatic carbocycles. The molecular weight excluding hydrogens is 198 g/mol. The Hall–Kier alpha value is -2.20. The molecule has 0 fully saturated rings. The Kier molecular flexibility index (Phi) is 2.43. The molecule has 0 saturated carbocycles. The van der Waals surface area contributed by atoms with E-state index in [2.05, 4.69) is 10.0 Å². The van der Waals surface area contributed by atoms with Gasteiger partial charge in [-0.3, -0.25) is 4.79 Å². The first-order valence-corrected chi connectivity index (χ1v) is 4.31. The predicted octanol–water partition coefficient (Wildman–Crippen LogP) is 1.91. The number of hydrogen-bond acceptors (Lipinski definition) is 3. The van der Waals surface area contributed by atoms with Crippen LogP contribution in [0.25, 0.3) is 10.4 Å². The largest absolute Gasteiger partial charge is 0.486 e. The maximum Gasteiger partial charge on any atom is 0.253 e. The second-order valence-corrected chi connectivity index (χ2v) is 2.82. The molecule has 6 nitrogen and oxygen atoms in total. The first-order chi connectivity index (χ1) is 7.33. The number of fused-ring (bicyclic) bond motifs is 1. The molecular formula is C9H7N3O3. The van der Waals surface area contributed by atoms with Crippen molar-refractivity contribution >= 4 is 5.91 Å². The summed E-state index contributed by atoms with van der Waals surface area (Å²) in [6.07, 6.45) is 0. The first-order valence-electron chi connectivity index (χ1n) is 4.31. The van der Waals surface area contributed by atoms with Gasteiger partial charge in [0.25, 0.3) is 5.91 Å². The zero-order valence-corrected chi connectivity index (χ0v) is 7.71. The Labute approximate surface area is 85.0 Å². The van der Waals surface area contributed by atoms with Crippen LogP contribution in [-0.2, 0) is 0 Å². The van der Waals surface area contributed by atoms with Crippen LogP contribution in [0.3, 0.4) is 0 Å². The van der Waals surface area contributed by atoms with E-state index in [-0.39, 0.29) is 5.56 Å². The number of benzene rings is 1. The van der Waals surface area contributed by atoms with Gasteiger partial charge in [-0.25, -0.2) is 0 Å². The summed E-state index contributed by atoms with van der Waals surface area (Å²) in [4.78, 5) is 13.8. The molecule has 0 N–H and O–H groups in total. The van der Waals surface area contributed by atoms with E-state index in [0.29, 0.717) is 24.7 Å². The summed E-state index contributed by atoms with van der Waals surface area (Å²) in [7, 11) is 0. The van der Waals surface area contributed by atoms with E-state index in [1.807, 2.05) is 0 Å². The number of carbonyl (C=O) groups excluding carboxylic acids is 1. The van der Waals surface area contributed by atoms with Gasteiger partial charge in [0, 0.05) is 4.91 Å². The van der Waals surface area contributed by atoms with Crippen LogP contribution in [0.4, 0.5) is 0 Å². The monoisotopic (exact) mass is 205 g/mol. The summed E-state index contributed by atoms with van der Waals surface area (Å²) in [5.74, 6) is 0.182. The molecule has 0 unspecified atom stereocenters. The smallest absolute Gasteiger partial charge is 0.253 e. The quantitative estimate of drug-likeness (QED) is 0.398. The summed E-state index contributed by atoms with van der Waals surface area (Å²) in [5, 5.41) is 3.01. The van der Waals surface area contributed by atoms with Crippen LogP contribution in [-0.4, -0.2) is 19.1 Å². The van der Waals surface area contributed by atoms with Crippen molar-refractivity contribution < 1.29 is 14.3 Å². The zero-order valence-electron chi connectivity index (χ0n) is 7.71. The van der Waals surface area contributed by atoms with Gasteiger partial charge in [0.2, 0.25) is 0 Å². The molecule has 2 rings (SSSR count). The summed E-state index contributed by atoms with van der Waals surface area (Å²) < 4.78 is 10.6. The third-order valence-electron chi connectivity index (χ3n) is 1.93. The van der Waals surface area contributed by atoms with Gasteiger partial charge < -0.3 is 9.47 Å². The fourth-order valence-corrected chi connectivity index (χ4v) is 1.34. The van der Waals surface area contributed by atoms with Gasteiger partial charge in [-0.1, -0.05) is 6.07 Å². The standard InChI is InChI=1S/C9H7N3O3/c10-12-11-9(13)6-2-1-3-7-8(6)15-5-4-14-7/h1-3H,4-5H2. The van der Waals surface area contributed by atoms with E-state index in [4.69, 9.17) is 15.0 Å². The summed E-state index contributed by atoms with van der Waals surface area (Å²) in [6, 6.07) is 4.87. The zero-order chi connectivity index (χ0) is 10.7. The molecule has 0 aromatic heterocycles. The highest BCUT2D eigenvalue weighted by Crippen LogP contribution is 2.33. The van der Waals surface area contributed by atoms with E-state index in [1.54, 1.807) is 12.1 Å². The normalized spacial score (nSPS) is 12.8. The minimum atomic E-state index is -0.667. The van der Waals surface area contributed by atoms with Crippen LogP contribution in [0.15, 0.2) is 23.3 Å². The summed E-state index contributed by atoms with van der Waals surface area (Å²) in [6.45, 7) is 0.833. The third kappa shape index (κ3) is 1.70. The van der Waals surface area contributed by atoms with Crippen LogP contribution in [0.1, 0.15) is 10.4 Å². The fraction of sp³-hybridized carbons (Fsp3) is 0.222. The molecule has 6 heteroatoms. The number of rotatable bonds is 1.